The van der Waals surface area contributed by atoms with Crippen LogP contribution in [0.15, 0.2) is 35.4 Å². The maximum Gasteiger partial charge on any atom is 0.269 e. The molecule has 0 radical (unpaired) electrons. The zero-order chi connectivity index (χ0) is 14.5. The van der Waals surface area contributed by atoms with Crippen LogP contribution in [0.4, 0.5) is 11.4 Å². The van der Waals surface area contributed by atoms with E-state index in [2.05, 4.69) is 15.4 Å². The number of rotatable bonds is 5. The predicted molar refractivity (Wildman–Crippen MR) is 80.3 cm³/mol. The Hall–Kier alpha value is -2.37. The van der Waals surface area contributed by atoms with E-state index < -0.39 is 0 Å². The topological polar surface area (TPSA) is 63.1 Å². The van der Waals surface area contributed by atoms with Crippen molar-refractivity contribution in [3.63, 3.8) is 0 Å². The molecule has 106 valence electrons. The van der Waals surface area contributed by atoms with Gasteiger partial charge in [0, 0.05) is 38.6 Å². The van der Waals surface area contributed by atoms with Crippen molar-refractivity contribution in [3.05, 3.63) is 46.6 Å². The zero-order valence-corrected chi connectivity index (χ0v) is 12.0. The van der Waals surface area contributed by atoms with Crippen LogP contribution in [0.2, 0.25) is 0 Å². The lowest BCUT2D eigenvalue weighted by Gasteiger charge is -2.16. The summed E-state index contributed by atoms with van der Waals surface area (Å²) in [6, 6.07) is 5.37. The standard InChI is InChI=1S/C14H19N5O/c1-4-18(3)13-8-14(20)19(17-9-13)10-12-7-11(15-2)5-6-16-12/h5-9H,4,10H2,1-3H3,(H,15,16). The second-order valence-corrected chi connectivity index (χ2v) is 4.51. The van der Waals surface area contributed by atoms with E-state index in [4.69, 9.17) is 0 Å². The van der Waals surface area contributed by atoms with Crippen molar-refractivity contribution in [1.82, 2.24) is 14.8 Å². The fraction of sp³-hybridized carbons (Fsp3) is 0.357. The lowest BCUT2D eigenvalue weighted by atomic mass is 10.3. The molecule has 0 aliphatic heterocycles. The van der Waals surface area contributed by atoms with Gasteiger partial charge in [-0.05, 0) is 19.1 Å². The summed E-state index contributed by atoms with van der Waals surface area (Å²) in [5.74, 6) is 0. The molecule has 2 rings (SSSR count). The van der Waals surface area contributed by atoms with Gasteiger partial charge in [-0.25, -0.2) is 4.68 Å². The Morgan fingerprint density at radius 2 is 2.20 bits per heavy atom. The number of hydrogen-bond donors (Lipinski definition) is 1. The van der Waals surface area contributed by atoms with Crippen molar-refractivity contribution in [2.75, 3.05) is 30.9 Å². The third-order valence-electron chi connectivity index (χ3n) is 3.19. The van der Waals surface area contributed by atoms with Crippen LogP contribution in [-0.4, -0.2) is 35.4 Å². The minimum Gasteiger partial charge on any atom is -0.388 e. The van der Waals surface area contributed by atoms with Gasteiger partial charge in [0.1, 0.15) is 0 Å². The molecule has 0 fully saturated rings. The highest BCUT2D eigenvalue weighted by Crippen LogP contribution is 2.09. The van der Waals surface area contributed by atoms with Crippen molar-refractivity contribution in [2.24, 2.45) is 0 Å². The second kappa shape index (κ2) is 6.18. The number of nitrogens with zero attached hydrogens (tertiary/aromatic N) is 4. The summed E-state index contributed by atoms with van der Waals surface area (Å²) in [5, 5.41) is 7.25. The van der Waals surface area contributed by atoms with E-state index in [0.717, 1.165) is 23.6 Å². The van der Waals surface area contributed by atoms with Gasteiger partial charge in [0.05, 0.1) is 24.1 Å². The lowest BCUT2D eigenvalue weighted by Crippen LogP contribution is -2.26. The molecular formula is C14H19N5O. The Balaban J connectivity index is 2.23. The van der Waals surface area contributed by atoms with E-state index in [-0.39, 0.29) is 5.56 Å². The van der Waals surface area contributed by atoms with Crippen LogP contribution in [0.25, 0.3) is 0 Å². The molecule has 0 aromatic carbocycles. The molecule has 2 heterocycles. The molecule has 20 heavy (non-hydrogen) atoms. The molecule has 0 aliphatic rings. The van der Waals surface area contributed by atoms with Crippen molar-refractivity contribution in [1.29, 1.82) is 0 Å². The Bertz CT molecular complexity index is 637. The summed E-state index contributed by atoms with van der Waals surface area (Å²) in [6.07, 6.45) is 3.41. The highest BCUT2D eigenvalue weighted by molar-refractivity contribution is 5.43. The maximum atomic E-state index is 12.0. The van der Waals surface area contributed by atoms with Crippen LogP contribution in [0.5, 0.6) is 0 Å². The van der Waals surface area contributed by atoms with Crippen molar-refractivity contribution < 1.29 is 0 Å². The van der Waals surface area contributed by atoms with Gasteiger partial charge >= 0.3 is 0 Å². The summed E-state index contributed by atoms with van der Waals surface area (Å²) in [7, 11) is 3.78. The molecule has 0 saturated carbocycles. The molecule has 0 bridgehead atoms. The van der Waals surface area contributed by atoms with E-state index in [9.17, 15) is 4.79 Å². The van der Waals surface area contributed by atoms with Gasteiger partial charge in [-0.1, -0.05) is 0 Å². The average Bonchev–Trinajstić information content (AvgIpc) is 2.48. The monoisotopic (exact) mass is 273 g/mol. The first-order valence-corrected chi connectivity index (χ1v) is 6.55. The van der Waals surface area contributed by atoms with Gasteiger partial charge in [0.15, 0.2) is 0 Å². The van der Waals surface area contributed by atoms with E-state index in [0.29, 0.717) is 6.54 Å². The fourth-order valence-electron chi connectivity index (χ4n) is 1.81. The summed E-state index contributed by atoms with van der Waals surface area (Å²) in [5.41, 5.74) is 2.46. The number of aromatic nitrogens is 3. The highest BCUT2D eigenvalue weighted by Gasteiger charge is 2.05. The summed E-state index contributed by atoms with van der Waals surface area (Å²) >= 11 is 0. The van der Waals surface area contributed by atoms with Gasteiger partial charge in [-0.2, -0.15) is 5.10 Å². The highest BCUT2D eigenvalue weighted by atomic mass is 16.1. The van der Waals surface area contributed by atoms with E-state index in [1.165, 1.54) is 4.68 Å². The molecule has 2 aromatic rings. The Labute approximate surface area is 118 Å². The van der Waals surface area contributed by atoms with Crippen LogP contribution in [0.3, 0.4) is 0 Å². The Morgan fingerprint density at radius 1 is 1.40 bits per heavy atom. The molecule has 2 aromatic heterocycles. The van der Waals surface area contributed by atoms with Gasteiger partial charge in [0.25, 0.3) is 5.56 Å². The molecule has 0 unspecified atom stereocenters. The first kappa shape index (κ1) is 14.0. The van der Waals surface area contributed by atoms with E-state index >= 15 is 0 Å². The summed E-state index contributed by atoms with van der Waals surface area (Å²) in [4.78, 5) is 18.3. The summed E-state index contributed by atoms with van der Waals surface area (Å²) < 4.78 is 1.41. The lowest BCUT2D eigenvalue weighted by molar-refractivity contribution is 0.627. The van der Waals surface area contributed by atoms with Gasteiger partial charge in [-0.3, -0.25) is 9.78 Å². The van der Waals surface area contributed by atoms with E-state index in [1.807, 2.05) is 38.1 Å². The van der Waals surface area contributed by atoms with Gasteiger partial charge in [0.2, 0.25) is 0 Å². The molecule has 0 atom stereocenters. The minimum atomic E-state index is -0.125. The number of anilines is 2. The normalized spacial score (nSPS) is 10.3. The molecule has 1 N–H and O–H groups in total. The minimum absolute atomic E-state index is 0.125. The van der Waals surface area contributed by atoms with E-state index in [1.54, 1.807) is 18.5 Å². The molecular weight excluding hydrogens is 254 g/mol. The first-order chi connectivity index (χ1) is 9.63. The van der Waals surface area contributed by atoms with Crippen LogP contribution in [0.1, 0.15) is 12.6 Å². The zero-order valence-electron chi connectivity index (χ0n) is 12.0. The van der Waals surface area contributed by atoms with Gasteiger partial charge < -0.3 is 10.2 Å². The Kier molecular flexibility index (Phi) is 4.34. The smallest absolute Gasteiger partial charge is 0.269 e. The average molecular weight is 273 g/mol. The number of nitrogens with one attached hydrogen (secondary N) is 1. The molecule has 0 amide bonds. The maximum absolute atomic E-state index is 12.0. The third kappa shape index (κ3) is 3.14. The fourth-order valence-corrected chi connectivity index (χ4v) is 1.81. The first-order valence-electron chi connectivity index (χ1n) is 6.55. The van der Waals surface area contributed by atoms with Crippen molar-refractivity contribution in [3.8, 4) is 0 Å². The Morgan fingerprint density at radius 3 is 2.85 bits per heavy atom. The molecule has 6 nitrogen and oxygen atoms in total. The predicted octanol–water partition coefficient (Wildman–Crippen LogP) is 1.18. The second-order valence-electron chi connectivity index (χ2n) is 4.51. The third-order valence-corrected chi connectivity index (χ3v) is 3.19. The van der Waals surface area contributed by atoms with Crippen molar-refractivity contribution in [2.45, 2.75) is 13.5 Å². The van der Waals surface area contributed by atoms with Crippen molar-refractivity contribution >= 4 is 11.4 Å². The quantitative estimate of drug-likeness (QED) is 0.886. The number of hydrogen-bond acceptors (Lipinski definition) is 5. The molecule has 0 aliphatic carbocycles. The van der Waals surface area contributed by atoms with Crippen LogP contribution in [0, 0.1) is 0 Å². The van der Waals surface area contributed by atoms with Gasteiger partial charge in [-0.15, -0.1) is 0 Å². The molecule has 0 saturated heterocycles. The molecule has 0 spiro atoms. The van der Waals surface area contributed by atoms with Crippen LogP contribution in [-0.2, 0) is 6.54 Å². The number of pyridine rings is 1. The van der Waals surface area contributed by atoms with Crippen LogP contribution >= 0.6 is 0 Å². The SMILES string of the molecule is CCN(C)c1cnn(Cc2cc(NC)ccn2)c(=O)c1. The van der Waals surface area contributed by atoms with Crippen LogP contribution < -0.4 is 15.8 Å². The largest absolute Gasteiger partial charge is 0.388 e. The molecule has 6 heteroatoms. The summed E-state index contributed by atoms with van der Waals surface area (Å²) in [6.45, 7) is 3.22.